The van der Waals surface area contributed by atoms with Crippen LogP contribution >= 0.6 is 11.6 Å². The fourth-order valence-electron chi connectivity index (χ4n) is 2.70. The van der Waals surface area contributed by atoms with Crippen molar-refractivity contribution in [2.45, 2.75) is 31.1 Å². The minimum atomic E-state index is -3.05. The van der Waals surface area contributed by atoms with E-state index in [0.717, 1.165) is 12.1 Å². The van der Waals surface area contributed by atoms with E-state index in [4.69, 9.17) is 11.6 Å². The van der Waals surface area contributed by atoms with Crippen LogP contribution in [0.25, 0.3) is 0 Å². The number of halogens is 5. The summed E-state index contributed by atoms with van der Waals surface area (Å²) >= 11 is 6.03. The van der Waals surface area contributed by atoms with Crippen LogP contribution in [0.5, 0.6) is 5.75 Å². The summed E-state index contributed by atoms with van der Waals surface area (Å²) in [7, 11) is 0. The number of hydrogen-bond acceptors (Lipinski definition) is 4. The Balaban J connectivity index is 1.97. The minimum Gasteiger partial charge on any atom is -0.435 e. The lowest BCUT2D eigenvalue weighted by molar-refractivity contribution is -0.0509. The molecule has 0 saturated heterocycles. The molecule has 1 N–H and O–H groups in total. The molecule has 1 aromatic carbocycles. The zero-order valence-corrected chi connectivity index (χ0v) is 12.8. The number of alkyl halides is 4. The SMILES string of the molecule is OC(Cn1cncn1)(c1ccc(OC(F)F)cc1Cl)C1CC1(F)F. The van der Waals surface area contributed by atoms with Crippen molar-refractivity contribution in [1.82, 2.24) is 14.8 Å². The highest BCUT2D eigenvalue weighted by Crippen LogP contribution is 2.59. The van der Waals surface area contributed by atoms with Crippen LogP contribution in [-0.4, -0.2) is 32.4 Å². The van der Waals surface area contributed by atoms with Gasteiger partial charge in [-0.15, -0.1) is 0 Å². The summed E-state index contributed by atoms with van der Waals surface area (Å²) < 4.78 is 57.1. The first-order chi connectivity index (χ1) is 11.2. The fraction of sp³-hybridized carbons (Fsp3) is 0.429. The van der Waals surface area contributed by atoms with Crippen LogP contribution in [0.4, 0.5) is 17.6 Å². The molecule has 1 fully saturated rings. The number of aliphatic hydroxyl groups is 1. The molecule has 1 aliphatic carbocycles. The molecule has 1 aliphatic rings. The number of benzene rings is 1. The van der Waals surface area contributed by atoms with Crippen molar-refractivity contribution >= 4 is 11.6 Å². The largest absolute Gasteiger partial charge is 0.435 e. The van der Waals surface area contributed by atoms with E-state index in [1.165, 1.54) is 23.4 Å². The van der Waals surface area contributed by atoms with Gasteiger partial charge in [0, 0.05) is 12.0 Å². The van der Waals surface area contributed by atoms with E-state index in [1.807, 2.05) is 0 Å². The first-order valence-electron chi connectivity index (χ1n) is 6.90. The van der Waals surface area contributed by atoms with Gasteiger partial charge in [0.1, 0.15) is 24.0 Å². The average Bonchev–Trinajstić information content (AvgIpc) is 2.89. The Labute approximate surface area is 138 Å². The van der Waals surface area contributed by atoms with Crippen molar-refractivity contribution in [3.8, 4) is 5.75 Å². The van der Waals surface area contributed by atoms with Gasteiger partial charge in [0.2, 0.25) is 0 Å². The topological polar surface area (TPSA) is 60.2 Å². The smallest absolute Gasteiger partial charge is 0.387 e. The van der Waals surface area contributed by atoms with Crippen molar-refractivity contribution in [3.05, 3.63) is 41.4 Å². The van der Waals surface area contributed by atoms with E-state index in [0.29, 0.717) is 0 Å². The first-order valence-corrected chi connectivity index (χ1v) is 7.27. The van der Waals surface area contributed by atoms with Gasteiger partial charge in [-0.2, -0.15) is 13.9 Å². The Bertz CT molecular complexity index is 729. The van der Waals surface area contributed by atoms with Crippen molar-refractivity contribution in [2.75, 3.05) is 0 Å². The molecule has 2 atom stereocenters. The summed E-state index contributed by atoms with van der Waals surface area (Å²) in [5, 5.41) is 14.6. The molecule has 130 valence electrons. The monoisotopic (exact) mass is 365 g/mol. The van der Waals surface area contributed by atoms with E-state index in [9.17, 15) is 22.7 Å². The summed E-state index contributed by atoms with van der Waals surface area (Å²) in [4.78, 5) is 3.70. The standard InChI is InChI=1S/C14H12ClF4N3O2/c15-10-3-8(24-12(16)17)1-2-9(10)13(23,11-4-14(11,18)19)5-22-7-20-6-21-22/h1-3,6-7,11-12,23H,4-5H2. The third-order valence-electron chi connectivity index (χ3n) is 3.90. The van der Waals surface area contributed by atoms with Gasteiger partial charge in [-0.05, 0) is 12.1 Å². The molecule has 0 radical (unpaired) electrons. The Kier molecular flexibility index (Phi) is 4.16. The molecule has 1 aromatic heterocycles. The molecule has 10 heteroatoms. The normalized spacial score (nSPS) is 21.5. The molecule has 0 spiro atoms. The van der Waals surface area contributed by atoms with E-state index < -0.39 is 30.5 Å². The van der Waals surface area contributed by atoms with Crippen molar-refractivity contribution in [1.29, 1.82) is 0 Å². The van der Waals surface area contributed by atoms with Gasteiger partial charge in [-0.3, -0.25) is 0 Å². The molecular weight excluding hydrogens is 354 g/mol. The van der Waals surface area contributed by atoms with Crippen molar-refractivity contribution < 1.29 is 27.4 Å². The van der Waals surface area contributed by atoms with Crippen molar-refractivity contribution in [2.24, 2.45) is 5.92 Å². The lowest BCUT2D eigenvalue weighted by Gasteiger charge is -2.29. The Morgan fingerprint density at radius 1 is 1.46 bits per heavy atom. The second-order valence-electron chi connectivity index (χ2n) is 5.56. The highest BCUT2D eigenvalue weighted by atomic mass is 35.5. The third-order valence-corrected chi connectivity index (χ3v) is 4.22. The zero-order chi connectivity index (χ0) is 17.5. The van der Waals surface area contributed by atoms with E-state index in [-0.39, 0.29) is 22.9 Å². The predicted molar refractivity (Wildman–Crippen MR) is 75.1 cm³/mol. The van der Waals surface area contributed by atoms with Gasteiger partial charge in [0.05, 0.1) is 17.5 Å². The summed E-state index contributed by atoms with van der Waals surface area (Å²) in [5.74, 6) is -4.64. The van der Waals surface area contributed by atoms with Crippen LogP contribution in [0.15, 0.2) is 30.9 Å². The minimum absolute atomic E-state index is 0.0107. The van der Waals surface area contributed by atoms with Crippen LogP contribution in [0.2, 0.25) is 5.02 Å². The van der Waals surface area contributed by atoms with E-state index in [1.54, 1.807) is 0 Å². The number of hydrogen-bond donors (Lipinski definition) is 1. The van der Waals surface area contributed by atoms with Crippen LogP contribution in [0.1, 0.15) is 12.0 Å². The van der Waals surface area contributed by atoms with Crippen LogP contribution < -0.4 is 4.74 Å². The molecule has 5 nitrogen and oxygen atoms in total. The van der Waals surface area contributed by atoms with Gasteiger partial charge >= 0.3 is 6.61 Å². The van der Waals surface area contributed by atoms with Gasteiger partial charge in [-0.1, -0.05) is 17.7 Å². The predicted octanol–water partition coefficient (Wildman–Crippen LogP) is 3.08. The van der Waals surface area contributed by atoms with Crippen LogP contribution in [0.3, 0.4) is 0 Å². The molecule has 0 bridgehead atoms. The molecule has 0 amide bonds. The number of nitrogens with zero attached hydrogens (tertiary/aromatic N) is 3. The Hall–Kier alpha value is -1.87. The number of ether oxygens (including phenoxy) is 1. The average molecular weight is 366 g/mol. The lowest BCUT2D eigenvalue weighted by Crippen LogP contribution is -2.36. The molecule has 2 aromatic rings. The van der Waals surface area contributed by atoms with Gasteiger partial charge in [0.25, 0.3) is 5.92 Å². The number of rotatable bonds is 6. The molecular formula is C14H12ClF4N3O2. The van der Waals surface area contributed by atoms with E-state index in [2.05, 4.69) is 14.8 Å². The maximum absolute atomic E-state index is 13.6. The van der Waals surface area contributed by atoms with Gasteiger partial charge in [-0.25, -0.2) is 18.4 Å². The quantitative estimate of drug-likeness (QED) is 0.799. The second-order valence-corrected chi connectivity index (χ2v) is 5.96. The fourth-order valence-corrected chi connectivity index (χ4v) is 3.03. The first kappa shape index (κ1) is 17.0. The molecule has 3 rings (SSSR count). The van der Waals surface area contributed by atoms with E-state index >= 15 is 0 Å². The van der Waals surface area contributed by atoms with Crippen LogP contribution in [-0.2, 0) is 12.1 Å². The third kappa shape index (κ3) is 3.18. The second kappa shape index (κ2) is 5.89. The highest BCUT2D eigenvalue weighted by Gasteiger charge is 2.67. The van der Waals surface area contributed by atoms with Gasteiger partial charge < -0.3 is 9.84 Å². The van der Waals surface area contributed by atoms with Crippen molar-refractivity contribution in [3.63, 3.8) is 0 Å². The molecule has 2 unspecified atom stereocenters. The molecule has 0 aliphatic heterocycles. The molecule has 24 heavy (non-hydrogen) atoms. The summed E-state index contributed by atoms with van der Waals surface area (Å²) in [6.45, 7) is -3.35. The maximum Gasteiger partial charge on any atom is 0.387 e. The Morgan fingerprint density at radius 2 is 2.17 bits per heavy atom. The Morgan fingerprint density at radius 3 is 2.67 bits per heavy atom. The summed E-state index contributed by atoms with van der Waals surface area (Å²) in [5.41, 5.74) is -2.04. The van der Waals surface area contributed by atoms with Crippen LogP contribution in [0, 0.1) is 5.92 Å². The molecule has 1 saturated carbocycles. The van der Waals surface area contributed by atoms with Gasteiger partial charge in [0.15, 0.2) is 0 Å². The molecule has 1 heterocycles. The lowest BCUT2D eigenvalue weighted by atomic mass is 9.88. The number of aromatic nitrogens is 3. The summed E-state index contributed by atoms with van der Waals surface area (Å²) in [6, 6.07) is 3.39. The zero-order valence-electron chi connectivity index (χ0n) is 12.0. The maximum atomic E-state index is 13.6. The highest BCUT2D eigenvalue weighted by molar-refractivity contribution is 6.31. The summed E-state index contributed by atoms with van der Waals surface area (Å²) in [6.07, 6.45) is 1.96.